The van der Waals surface area contributed by atoms with Crippen molar-refractivity contribution in [2.24, 2.45) is 5.73 Å². The molecule has 2 rings (SSSR count). The minimum atomic E-state index is -3.84. The predicted octanol–water partition coefficient (Wildman–Crippen LogP) is 2.29. The third-order valence-corrected chi connectivity index (χ3v) is 5.71. The number of benzene rings is 2. The Hall–Kier alpha value is -2.87. The average Bonchev–Trinajstić information content (AvgIpc) is 2.56. The molecule has 0 saturated carbocycles. The third kappa shape index (κ3) is 4.57. The molecule has 3 amide bonds. The number of hydrogen-bond acceptors (Lipinski definition) is 4. The lowest BCUT2D eigenvalue weighted by atomic mass is 10.2. The fraction of sp³-hybridized carbons (Fsp3) is 0.176. The lowest BCUT2D eigenvalue weighted by Gasteiger charge is -2.11. The molecule has 1 atom stereocenters. The van der Waals surface area contributed by atoms with Crippen LogP contribution in [-0.4, -0.2) is 25.6 Å². The minimum absolute atomic E-state index is 0.0386. The van der Waals surface area contributed by atoms with E-state index in [1.54, 1.807) is 12.1 Å². The molecular weight excluding hydrogens is 342 g/mol. The molecule has 0 aliphatic rings. The van der Waals surface area contributed by atoms with E-state index in [-0.39, 0.29) is 4.90 Å². The molecular formula is C17H19N3O4S. The first-order valence-corrected chi connectivity index (χ1v) is 9.03. The van der Waals surface area contributed by atoms with E-state index in [1.165, 1.54) is 31.2 Å². The summed E-state index contributed by atoms with van der Waals surface area (Å²) in [6, 6.07) is 12.3. The first-order valence-electron chi connectivity index (χ1n) is 7.48. The highest BCUT2D eigenvalue weighted by Gasteiger charge is 2.27. The van der Waals surface area contributed by atoms with Crippen molar-refractivity contribution in [3.63, 3.8) is 0 Å². The fourth-order valence-corrected chi connectivity index (χ4v) is 3.24. The normalized spacial score (nSPS) is 12.2. The summed E-state index contributed by atoms with van der Waals surface area (Å²) in [6.07, 6.45) is 0. The van der Waals surface area contributed by atoms with Gasteiger partial charge < -0.3 is 16.4 Å². The van der Waals surface area contributed by atoms with Gasteiger partial charge in [-0.15, -0.1) is 0 Å². The Labute approximate surface area is 146 Å². The molecule has 4 N–H and O–H groups in total. The molecule has 2 aromatic rings. The number of carbonyl (C=O) groups is 2. The Kier molecular flexibility index (Phi) is 5.43. The molecule has 8 heteroatoms. The summed E-state index contributed by atoms with van der Waals surface area (Å²) in [5.41, 5.74) is 7.18. The lowest BCUT2D eigenvalue weighted by Crippen LogP contribution is -2.33. The Morgan fingerprint density at radius 3 is 1.80 bits per heavy atom. The maximum atomic E-state index is 12.2. The highest BCUT2D eigenvalue weighted by atomic mass is 32.2. The summed E-state index contributed by atoms with van der Waals surface area (Å²) in [7, 11) is -3.84. The highest BCUT2D eigenvalue weighted by molar-refractivity contribution is 7.92. The third-order valence-electron chi connectivity index (χ3n) is 3.62. The number of rotatable bonds is 5. The van der Waals surface area contributed by atoms with E-state index in [0.717, 1.165) is 5.56 Å². The Bertz CT molecular complexity index is 875. The van der Waals surface area contributed by atoms with Crippen LogP contribution in [-0.2, 0) is 14.6 Å². The van der Waals surface area contributed by atoms with Crippen molar-refractivity contribution in [3.8, 4) is 0 Å². The van der Waals surface area contributed by atoms with E-state index in [1.807, 2.05) is 19.1 Å². The van der Waals surface area contributed by atoms with Gasteiger partial charge in [0, 0.05) is 11.4 Å². The zero-order valence-electron chi connectivity index (χ0n) is 13.8. The topological polar surface area (TPSA) is 118 Å². The van der Waals surface area contributed by atoms with E-state index in [2.05, 4.69) is 10.6 Å². The molecule has 0 fully saturated rings. The van der Waals surface area contributed by atoms with Crippen LogP contribution in [0, 0.1) is 6.92 Å². The van der Waals surface area contributed by atoms with Crippen LogP contribution in [0.1, 0.15) is 12.5 Å². The van der Waals surface area contributed by atoms with Crippen LogP contribution in [0.25, 0.3) is 0 Å². The Balaban J connectivity index is 2.06. The van der Waals surface area contributed by atoms with Crippen LogP contribution in [0.4, 0.5) is 16.2 Å². The first kappa shape index (κ1) is 18.5. The average molecular weight is 361 g/mol. The predicted molar refractivity (Wildman–Crippen MR) is 96.1 cm³/mol. The number of urea groups is 1. The molecule has 0 heterocycles. The van der Waals surface area contributed by atoms with Gasteiger partial charge in [0.1, 0.15) is 5.25 Å². The summed E-state index contributed by atoms with van der Waals surface area (Å²) >= 11 is 0. The number of sulfone groups is 1. The van der Waals surface area contributed by atoms with Gasteiger partial charge in [0.05, 0.1) is 4.90 Å². The number of nitrogens with two attached hydrogens (primary N) is 1. The van der Waals surface area contributed by atoms with Crippen LogP contribution >= 0.6 is 0 Å². The van der Waals surface area contributed by atoms with Crippen molar-refractivity contribution in [2.45, 2.75) is 24.0 Å². The highest BCUT2D eigenvalue weighted by Crippen LogP contribution is 2.19. The molecule has 0 aliphatic carbocycles. The second-order valence-electron chi connectivity index (χ2n) is 5.56. The second kappa shape index (κ2) is 7.35. The van der Waals surface area contributed by atoms with Gasteiger partial charge in [-0.2, -0.15) is 0 Å². The van der Waals surface area contributed by atoms with Gasteiger partial charge in [-0.05, 0) is 50.2 Å². The molecule has 0 spiro atoms. The smallest absolute Gasteiger partial charge is 0.323 e. The number of hydrogen-bond donors (Lipinski definition) is 3. The first-order chi connectivity index (χ1) is 11.7. The van der Waals surface area contributed by atoms with Crippen LogP contribution in [0.3, 0.4) is 0 Å². The van der Waals surface area contributed by atoms with E-state index in [9.17, 15) is 18.0 Å². The summed E-state index contributed by atoms with van der Waals surface area (Å²) in [5.74, 6) is -0.917. The summed E-state index contributed by atoms with van der Waals surface area (Å²) in [5, 5.41) is 3.94. The molecule has 0 aromatic heterocycles. The van der Waals surface area contributed by atoms with E-state index in [4.69, 9.17) is 5.73 Å². The monoisotopic (exact) mass is 361 g/mol. The summed E-state index contributed by atoms with van der Waals surface area (Å²) < 4.78 is 24.4. The van der Waals surface area contributed by atoms with Crippen LogP contribution in [0.5, 0.6) is 0 Å². The van der Waals surface area contributed by atoms with Crippen molar-refractivity contribution < 1.29 is 18.0 Å². The lowest BCUT2D eigenvalue weighted by molar-refractivity contribution is -0.117. The number of aryl methyl sites for hydroxylation is 1. The number of carbonyl (C=O) groups excluding carboxylic acids is 2. The number of primary amides is 1. The molecule has 7 nitrogen and oxygen atoms in total. The van der Waals surface area contributed by atoms with E-state index in [0.29, 0.717) is 11.4 Å². The van der Waals surface area contributed by atoms with Gasteiger partial charge in [0.25, 0.3) is 0 Å². The Morgan fingerprint density at radius 2 is 1.36 bits per heavy atom. The fourth-order valence-electron chi connectivity index (χ4n) is 2.02. The Morgan fingerprint density at radius 1 is 0.920 bits per heavy atom. The molecule has 0 bridgehead atoms. The van der Waals surface area contributed by atoms with Gasteiger partial charge in [0.2, 0.25) is 5.91 Å². The number of amides is 3. The quantitative estimate of drug-likeness (QED) is 0.757. The van der Waals surface area contributed by atoms with Crippen molar-refractivity contribution in [1.29, 1.82) is 0 Å². The van der Waals surface area contributed by atoms with E-state index < -0.39 is 27.0 Å². The number of nitrogens with one attached hydrogen (secondary N) is 2. The molecule has 2 aromatic carbocycles. The van der Waals surface area contributed by atoms with Crippen molar-refractivity contribution in [2.75, 3.05) is 10.6 Å². The van der Waals surface area contributed by atoms with Crippen LogP contribution in [0.2, 0.25) is 0 Å². The molecule has 132 valence electrons. The summed E-state index contributed by atoms with van der Waals surface area (Å²) in [6.45, 7) is 3.18. The molecule has 0 saturated heterocycles. The molecule has 0 radical (unpaired) electrons. The largest absolute Gasteiger partial charge is 0.369 e. The zero-order chi connectivity index (χ0) is 18.6. The van der Waals surface area contributed by atoms with Gasteiger partial charge in [-0.3, -0.25) is 4.79 Å². The maximum Gasteiger partial charge on any atom is 0.323 e. The van der Waals surface area contributed by atoms with E-state index >= 15 is 0 Å². The maximum absolute atomic E-state index is 12.2. The van der Waals surface area contributed by atoms with Gasteiger partial charge >= 0.3 is 6.03 Å². The van der Waals surface area contributed by atoms with Crippen LogP contribution in [0.15, 0.2) is 53.4 Å². The van der Waals surface area contributed by atoms with Gasteiger partial charge in [-0.25, -0.2) is 13.2 Å². The SMILES string of the molecule is Cc1ccc(NC(=O)Nc2ccc(S(=O)(=O)C(C)C(N)=O)cc2)cc1. The van der Waals surface area contributed by atoms with Crippen molar-refractivity contribution >= 4 is 33.2 Å². The molecule has 1 unspecified atom stereocenters. The summed E-state index contributed by atoms with van der Waals surface area (Å²) in [4.78, 5) is 23.0. The minimum Gasteiger partial charge on any atom is -0.369 e. The molecule has 0 aliphatic heterocycles. The van der Waals surface area contributed by atoms with Gasteiger partial charge in [-0.1, -0.05) is 17.7 Å². The zero-order valence-corrected chi connectivity index (χ0v) is 14.6. The van der Waals surface area contributed by atoms with Crippen LogP contribution < -0.4 is 16.4 Å². The van der Waals surface area contributed by atoms with Crippen molar-refractivity contribution in [3.05, 3.63) is 54.1 Å². The standard InChI is InChI=1S/C17H19N3O4S/c1-11-3-5-13(6-4-11)19-17(22)20-14-7-9-15(10-8-14)25(23,24)12(2)16(18)21/h3-10,12H,1-2H3,(H2,18,21)(H2,19,20,22). The van der Waals surface area contributed by atoms with Crippen molar-refractivity contribution in [1.82, 2.24) is 0 Å². The van der Waals surface area contributed by atoms with Gasteiger partial charge in [0.15, 0.2) is 9.84 Å². The molecule has 25 heavy (non-hydrogen) atoms. The second-order valence-corrected chi connectivity index (χ2v) is 7.83. The number of anilines is 2.